The first-order valence-corrected chi connectivity index (χ1v) is 8.44. The number of nitro benzene ring substituents is 1. The molecule has 2 amide bonds. The smallest absolute Gasteiger partial charge is 0.305 e. The van der Waals surface area contributed by atoms with Gasteiger partial charge in [-0.3, -0.25) is 30.6 Å². The van der Waals surface area contributed by atoms with Crippen LogP contribution in [0.4, 0.5) is 5.69 Å². The molecule has 142 valence electrons. The van der Waals surface area contributed by atoms with Gasteiger partial charge in [-0.15, -0.1) is 0 Å². The molecule has 8 nitrogen and oxygen atoms in total. The molecule has 1 aromatic heterocycles. The number of hydrazine groups is 1. The number of non-ortho nitro benzene ring substituents is 1. The lowest BCUT2D eigenvalue weighted by Gasteiger charge is -2.06. The number of carbonyl (C=O) groups excluding carboxylic acids is 2. The molecule has 0 unspecified atom stereocenters. The van der Waals surface area contributed by atoms with Crippen molar-refractivity contribution in [2.45, 2.75) is 6.92 Å². The van der Waals surface area contributed by atoms with E-state index in [2.05, 4.69) is 10.9 Å². The minimum Gasteiger partial charge on any atom is -0.451 e. The Morgan fingerprint density at radius 2 is 1.68 bits per heavy atom. The summed E-state index contributed by atoms with van der Waals surface area (Å²) in [5.74, 6) is -0.938. The third kappa shape index (κ3) is 4.18. The van der Waals surface area contributed by atoms with Crippen LogP contribution in [0.5, 0.6) is 0 Å². The molecular weight excluding hydrogens is 386 g/mol. The van der Waals surface area contributed by atoms with Crippen molar-refractivity contribution in [2.75, 3.05) is 0 Å². The largest absolute Gasteiger partial charge is 0.451 e. The Labute approximate surface area is 164 Å². The van der Waals surface area contributed by atoms with E-state index in [4.69, 9.17) is 16.0 Å². The van der Waals surface area contributed by atoms with Crippen molar-refractivity contribution in [3.63, 3.8) is 0 Å². The zero-order valence-electron chi connectivity index (χ0n) is 14.6. The average molecular weight is 400 g/mol. The van der Waals surface area contributed by atoms with E-state index >= 15 is 0 Å². The number of furan rings is 1. The maximum atomic E-state index is 12.2. The van der Waals surface area contributed by atoms with Gasteiger partial charge in [0.05, 0.1) is 9.95 Å². The molecule has 28 heavy (non-hydrogen) atoms. The Kier molecular flexibility index (Phi) is 5.42. The highest BCUT2D eigenvalue weighted by Gasteiger charge is 2.17. The Morgan fingerprint density at radius 3 is 2.32 bits per heavy atom. The molecule has 0 spiro atoms. The molecule has 0 bridgehead atoms. The molecule has 2 N–H and O–H groups in total. The van der Waals surface area contributed by atoms with Crippen LogP contribution in [0.25, 0.3) is 11.3 Å². The van der Waals surface area contributed by atoms with Crippen LogP contribution in [-0.4, -0.2) is 16.7 Å². The van der Waals surface area contributed by atoms with Crippen LogP contribution in [0.2, 0.25) is 5.02 Å². The van der Waals surface area contributed by atoms with Crippen LogP contribution >= 0.6 is 11.6 Å². The topological polar surface area (TPSA) is 114 Å². The minimum atomic E-state index is -0.662. The van der Waals surface area contributed by atoms with E-state index in [1.807, 2.05) is 6.92 Å². The summed E-state index contributed by atoms with van der Waals surface area (Å²) in [7, 11) is 0. The quantitative estimate of drug-likeness (QED) is 0.510. The van der Waals surface area contributed by atoms with Crippen LogP contribution in [0, 0.1) is 17.0 Å². The second kappa shape index (κ2) is 7.93. The molecule has 0 saturated carbocycles. The number of hydrogen-bond acceptors (Lipinski definition) is 5. The van der Waals surface area contributed by atoms with Gasteiger partial charge < -0.3 is 4.42 Å². The molecule has 0 radical (unpaired) electrons. The molecular formula is C19H14ClN3O5. The van der Waals surface area contributed by atoms with Crippen molar-refractivity contribution in [1.29, 1.82) is 0 Å². The van der Waals surface area contributed by atoms with Gasteiger partial charge in [0.1, 0.15) is 5.76 Å². The van der Waals surface area contributed by atoms with E-state index < -0.39 is 16.7 Å². The molecule has 0 fully saturated rings. The van der Waals surface area contributed by atoms with Gasteiger partial charge in [-0.2, -0.15) is 0 Å². The molecule has 2 aromatic carbocycles. The Bertz CT molecular complexity index is 1060. The van der Waals surface area contributed by atoms with Crippen LogP contribution in [0.15, 0.2) is 59.0 Å². The summed E-state index contributed by atoms with van der Waals surface area (Å²) in [6.45, 7) is 1.90. The lowest BCUT2D eigenvalue weighted by atomic mass is 10.1. The maximum Gasteiger partial charge on any atom is 0.305 e. The number of benzene rings is 2. The normalized spacial score (nSPS) is 10.4. The van der Waals surface area contributed by atoms with Crippen LogP contribution < -0.4 is 10.9 Å². The molecule has 0 atom stereocenters. The predicted octanol–water partition coefficient (Wildman–Crippen LogP) is 3.89. The number of nitrogens with zero attached hydrogens (tertiary/aromatic N) is 1. The number of hydrogen-bond donors (Lipinski definition) is 2. The summed E-state index contributed by atoms with van der Waals surface area (Å²) in [5.41, 5.74) is 6.20. The summed E-state index contributed by atoms with van der Waals surface area (Å²) in [4.78, 5) is 34.4. The number of amides is 2. The van der Waals surface area contributed by atoms with Gasteiger partial charge in [0.25, 0.3) is 11.6 Å². The highest BCUT2D eigenvalue weighted by atomic mass is 35.5. The van der Waals surface area contributed by atoms with Gasteiger partial charge in [-0.1, -0.05) is 29.3 Å². The van der Waals surface area contributed by atoms with E-state index in [9.17, 15) is 19.7 Å². The van der Waals surface area contributed by atoms with Crippen molar-refractivity contribution in [2.24, 2.45) is 0 Å². The first kappa shape index (κ1) is 19.1. The molecule has 9 heteroatoms. The van der Waals surface area contributed by atoms with Gasteiger partial charge in [0, 0.05) is 23.3 Å². The average Bonchev–Trinajstić information content (AvgIpc) is 3.16. The van der Waals surface area contributed by atoms with Crippen LogP contribution in [-0.2, 0) is 0 Å². The van der Waals surface area contributed by atoms with Crippen molar-refractivity contribution < 1.29 is 18.9 Å². The Balaban J connectivity index is 1.68. The number of nitrogens with one attached hydrogen (secondary N) is 2. The summed E-state index contributed by atoms with van der Waals surface area (Å²) in [6.07, 6.45) is 0. The zero-order chi connectivity index (χ0) is 20.3. The highest BCUT2D eigenvalue weighted by molar-refractivity contribution is 6.33. The van der Waals surface area contributed by atoms with E-state index in [1.165, 1.54) is 30.3 Å². The second-order valence-electron chi connectivity index (χ2n) is 5.86. The van der Waals surface area contributed by atoms with E-state index in [1.54, 1.807) is 24.3 Å². The zero-order valence-corrected chi connectivity index (χ0v) is 15.3. The number of rotatable bonds is 4. The Hall–Kier alpha value is -3.65. The lowest BCUT2D eigenvalue weighted by molar-refractivity contribution is -0.384. The fourth-order valence-electron chi connectivity index (χ4n) is 2.37. The minimum absolute atomic E-state index is 0.0615. The number of halogens is 1. The monoisotopic (exact) mass is 399 g/mol. The number of carbonyl (C=O) groups is 2. The first-order chi connectivity index (χ1) is 13.3. The van der Waals surface area contributed by atoms with Gasteiger partial charge in [-0.25, -0.2) is 0 Å². The fraction of sp³-hybridized carbons (Fsp3) is 0.0526. The maximum absolute atomic E-state index is 12.2. The van der Waals surface area contributed by atoms with Crippen molar-refractivity contribution in [1.82, 2.24) is 10.9 Å². The third-order valence-corrected chi connectivity index (χ3v) is 4.17. The van der Waals surface area contributed by atoms with Gasteiger partial charge in [-0.05, 0) is 37.3 Å². The van der Waals surface area contributed by atoms with E-state index in [-0.39, 0.29) is 22.2 Å². The van der Waals surface area contributed by atoms with Gasteiger partial charge in [0.15, 0.2) is 5.76 Å². The van der Waals surface area contributed by atoms with Crippen LogP contribution in [0.1, 0.15) is 26.5 Å². The summed E-state index contributed by atoms with van der Waals surface area (Å²) in [6, 6.07) is 13.7. The fourth-order valence-corrected chi connectivity index (χ4v) is 2.64. The first-order valence-electron chi connectivity index (χ1n) is 8.06. The lowest BCUT2D eigenvalue weighted by Crippen LogP contribution is -2.41. The molecule has 0 aliphatic carbocycles. The predicted molar refractivity (Wildman–Crippen MR) is 102 cm³/mol. The second-order valence-corrected chi connectivity index (χ2v) is 6.27. The SMILES string of the molecule is Cc1ccc(C(=O)NNC(=O)c2ccc(-c3ccc([N+](=O)[O-])cc3Cl)o2)cc1. The van der Waals surface area contributed by atoms with Gasteiger partial charge >= 0.3 is 5.91 Å². The third-order valence-electron chi connectivity index (χ3n) is 3.86. The summed E-state index contributed by atoms with van der Waals surface area (Å²) < 4.78 is 5.45. The summed E-state index contributed by atoms with van der Waals surface area (Å²) >= 11 is 6.06. The molecule has 0 aliphatic heterocycles. The van der Waals surface area contributed by atoms with E-state index in [0.717, 1.165) is 5.56 Å². The highest BCUT2D eigenvalue weighted by Crippen LogP contribution is 2.32. The van der Waals surface area contributed by atoms with E-state index in [0.29, 0.717) is 11.1 Å². The Morgan fingerprint density at radius 1 is 1.00 bits per heavy atom. The van der Waals surface area contributed by atoms with Crippen molar-refractivity contribution >= 4 is 29.1 Å². The standard InChI is InChI=1S/C19H14ClN3O5/c1-11-2-4-12(5-3-11)18(24)21-22-19(25)17-9-8-16(28-17)14-7-6-13(23(26)27)10-15(14)20/h2-10H,1H3,(H,21,24)(H,22,25). The summed E-state index contributed by atoms with van der Waals surface area (Å²) in [5, 5.41) is 10.9. The van der Waals surface area contributed by atoms with Crippen molar-refractivity contribution in [3.8, 4) is 11.3 Å². The molecule has 0 saturated heterocycles. The molecule has 3 aromatic rings. The number of nitro groups is 1. The molecule has 1 heterocycles. The molecule has 0 aliphatic rings. The van der Waals surface area contributed by atoms with Gasteiger partial charge in [0.2, 0.25) is 0 Å². The molecule has 3 rings (SSSR count). The number of aryl methyl sites for hydroxylation is 1. The van der Waals surface area contributed by atoms with Crippen LogP contribution in [0.3, 0.4) is 0 Å². The van der Waals surface area contributed by atoms with Crippen molar-refractivity contribution in [3.05, 3.63) is 86.6 Å².